The van der Waals surface area contributed by atoms with Crippen LogP contribution in [0.5, 0.6) is 5.75 Å². The van der Waals surface area contributed by atoms with Gasteiger partial charge in [0.15, 0.2) is 4.75 Å². The van der Waals surface area contributed by atoms with Gasteiger partial charge in [-0.2, -0.15) is 13.2 Å². The molecule has 1 aromatic carbocycles. The Labute approximate surface area is 190 Å². The maximum atomic E-state index is 13.6. The molecule has 2 unspecified atom stereocenters. The highest BCUT2D eigenvalue weighted by Crippen LogP contribution is 2.44. The third kappa shape index (κ3) is 4.71. The lowest BCUT2D eigenvalue weighted by molar-refractivity contribution is -0.137. The van der Waals surface area contributed by atoms with Gasteiger partial charge in [0.2, 0.25) is 10.0 Å². The smallest absolute Gasteiger partial charge is 0.416 e. The van der Waals surface area contributed by atoms with E-state index in [1.807, 2.05) is 0 Å². The van der Waals surface area contributed by atoms with Gasteiger partial charge in [-0.3, -0.25) is 10.0 Å². The van der Waals surface area contributed by atoms with Gasteiger partial charge in [-0.05, 0) is 75.4 Å². The summed E-state index contributed by atoms with van der Waals surface area (Å²) in [5, 5.41) is 12.3. The molecule has 1 aliphatic carbocycles. The molecule has 2 saturated heterocycles. The molecule has 0 spiro atoms. The van der Waals surface area contributed by atoms with Crippen LogP contribution in [-0.2, 0) is 21.0 Å². The zero-order chi connectivity index (χ0) is 23.9. The number of rotatable bonds is 6. The zero-order valence-electron chi connectivity index (χ0n) is 18.0. The van der Waals surface area contributed by atoms with Crippen molar-refractivity contribution in [3.8, 4) is 5.75 Å². The Hall–Kier alpha value is -1.89. The number of benzene rings is 1. The molecule has 0 bridgehead atoms. The van der Waals surface area contributed by atoms with E-state index in [0.717, 1.165) is 25.0 Å². The Bertz CT molecular complexity index is 960. The predicted molar refractivity (Wildman–Crippen MR) is 112 cm³/mol. The number of halogens is 3. The van der Waals surface area contributed by atoms with Crippen LogP contribution in [0.2, 0.25) is 0 Å². The number of ether oxygens (including phenoxy) is 1. The van der Waals surface area contributed by atoms with Gasteiger partial charge in [0.05, 0.1) is 5.56 Å². The standard InChI is InChI=1S/C21H28F3N3O5S/c22-21(23,24)15-3-5-16(6-4-15)32-18-7-12-27(13-17(18)14-1-2-14)33(30,31)20(19(28)26-29)8-10-25-11-9-20/h3-6,14,17-18,25,29H,1-2,7-13H2,(H,26,28). The number of hydroxylamine groups is 1. The average molecular weight is 492 g/mol. The minimum atomic E-state index is -4.43. The van der Waals surface area contributed by atoms with Crippen molar-refractivity contribution in [3.63, 3.8) is 0 Å². The molecule has 1 aromatic rings. The Morgan fingerprint density at radius 1 is 1.15 bits per heavy atom. The molecular formula is C21H28F3N3O5S. The van der Waals surface area contributed by atoms with Crippen LogP contribution in [0.15, 0.2) is 24.3 Å². The van der Waals surface area contributed by atoms with Crippen molar-refractivity contribution in [2.75, 3.05) is 26.2 Å². The third-order valence-corrected chi connectivity index (χ3v) is 9.60. The van der Waals surface area contributed by atoms with Gasteiger partial charge in [0.1, 0.15) is 11.9 Å². The normalized spacial score (nSPS) is 26.5. The number of carbonyl (C=O) groups is 1. The quantitative estimate of drug-likeness (QED) is 0.416. The van der Waals surface area contributed by atoms with Crippen LogP contribution < -0.4 is 15.5 Å². The third-order valence-electron chi connectivity index (χ3n) is 7.01. The highest BCUT2D eigenvalue weighted by Gasteiger charge is 2.55. The summed E-state index contributed by atoms with van der Waals surface area (Å²) in [4.78, 5) is 12.5. The molecule has 2 heterocycles. The lowest BCUT2D eigenvalue weighted by Crippen LogP contribution is -2.63. The monoisotopic (exact) mass is 491 g/mol. The number of piperidine rings is 2. The van der Waals surface area contributed by atoms with Crippen molar-refractivity contribution in [3.05, 3.63) is 29.8 Å². The molecule has 3 N–H and O–H groups in total. The van der Waals surface area contributed by atoms with E-state index in [1.54, 1.807) is 5.48 Å². The summed E-state index contributed by atoms with van der Waals surface area (Å²) in [6.07, 6.45) is -2.45. The number of nitrogens with zero attached hydrogens (tertiary/aromatic N) is 1. The number of sulfonamides is 1. The Morgan fingerprint density at radius 2 is 1.79 bits per heavy atom. The van der Waals surface area contributed by atoms with Gasteiger partial charge < -0.3 is 10.1 Å². The number of alkyl halides is 3. The molecule has 0 radical (unpaired) electrons. The van der Waals surface area contributed by atoms with Gasteiger partial charge in [0, 0.05) is 19.0 Å². The van der Waals surface area contributed by atoms with E-state index in [-0.39, 0.29) is 43.9 Å². The minimum absolute atomic E-state index is 0.0534. The molecule has 33 heavy (non-hydrogen) atoms. The summed E-state index contributed by atoms with van der Waals surface area (Å²) in [6.45, 7) is 0.981. The first-order valence-corrected chi connectivity index (χ1v) is 12.5. The van der Waals surface area contributed by atoms with Crippen molar-refractivity contribution in [1.82, 2.24) is 15.1 Å². The SMILES string of the molecule is O=C(NO)C1(S(=O)(=O)N2CCC(Oc3ccc(C(F)(F)F)cc3)C(C3CC3)C2)CCNCC1. The second-order valence-electron chi connectivity index (χ2n) is 9.02. The number of amides is 1. The molecular weight excluding hydrogens is 463 g/mol. The summed E-state index contributed by atoms with van der Waals surface area (Å²) >= 11 is 0. The van der Waals surface area contributed by atoms with Crippen molar-refractivity contribution in [1.29, 1.82) is 0 Å². The van der Waals surface area contributed by atoms with Crippen LogP contribution in [0.3, 0.4) is 0 Å². The maximum Gasteiger partial charge on any atom is 0.416 e. The van der Waals surface area contributed by atoms with Crippen molar-refractivity contribution < 1.29 is 36.3 Å². The summed E-state index contributed by atoms with van der Waals surface area (Å²) < 4.78 is 71.4. The van der Waals surface area contributed by atoms with E-state index in [1.165, 1.54) is 16.4 Å². The summed E-state index contributed by atoms with van der Waals surface area (Å²) in [5.74, 6) is -0.482. The predicted octanol–water partition coefficient (Wildman–Crippen LogP) is 2.14. The van der Waals surface area contributed by atoms with Crippen LogP contribution in [-0.4, -0.2) is 60.9 Å². The lowest BCUT2D eigenvalue weighted by atomic mass is 9.91. The molecule has 3 fully saturated rings. The second-order valence-corrected chi connectivity index (χ2v) is 11.3. The maximum absolute atomic E-state index is 13.6. The topological polar surface area (TPSA) is 108 Å². The molecule has 4 rings (SSSR count). The highest BCUT2D eigenvalue weighted by molar-refractivity contribution is 7.91. The molecule has 1 saturated carbocycles. The van der Waals surface area contributed by atoms with Gasteiger partial charge >= 0.3 is 6.18 Å². The molecule has 1 amide bonds. The fraction of sp³-hybridized carbons (Fsp3) is 0.667. The number of nitrogens with one attached hydrogen (secondary N) is 2. The first kappa shape index (κ1) is 24.2. The molecule has 2 aliphatic heterocycles. The van der Waals surface area contributed by atoms with Crippen LogP contribution in [0, 0.1) is 11.8 Å². The molecule has 3 aliphatic rings. The van der Waals surface area contributed by atoms with Crippen LogP contribution in [0.4, 0.5) is 13.2 Å². The number of hydrogen-bond donors (Lipinski definition) is 3. The molecule has 0 aromatic heterocycles. The highest BCUT2D eigenvalue weighted by atomic mass is 32.2. The van der Waals surface area contributed by atoms with E-state index in [2.05, 4.69) is 5.32 Å². The van der Waals surface area contributed by atoms with E-state index >= 15 is 0 Å². The Morgan fingerprint density at radius 3 is 2.33 bits per heavy atom. The van der Waals surface area contributed by atoms with Gasteiger partial charge in [-0.1, -0.05) is 0 Å². The van der Waals surface area contributed by atoms with Crippen molar-refractivity contribution in [2.45, 2.75) is 49.1 Å². The molecule has 8 nitrogen and oxygen atoms in total. The van der Waals surface area contributed by atoms with Gasteiger partial charge in [-0.25, -0.2) is 18.2 Å². The fourth-order valence-corrected chi connectivity index (χ4v) is 7.16. The second kappa shape index (κ2) is 9.05. The largest absolute Gasteiger partial charge is 0.490 e. The number of hydrogen-bond acceptors (Lipinski definition) is 6. The first-order valence-electron chi connectivity index (χ1n) is 11.1. The summed E-state index contributed by atoms with van der Waals surface area (Å²) in [7, 11) is -4.07. The zero-order valence-corrected chi connectivity index (χ0v) is 18.8. The summed E-state index contributed by atoms with van der Waals surface area (Å²) in [6, 6.07) is 4.50. The molecule has 12 heteroatoms. The van der Waals surface area contributed by atoms with Crippen molar-refractivity contribution >= 4 is 15.9 Å². The molecule has 184 valence electrons. The van der Waals surface area contributed by atoms with Gasteiger partial charge in [-0.15, -0.1) is 0 Å². The number of carbonyl (C=O) groups excluding carboxylic acids is 1. The lowest BCUT2D eigenvalue weighted by Gasteiger charge is -2.43. The van der Waals surface area contributed by atoms with E-state index in [9.17, 15) is 31.6 Å². The van der Waals surface area contributed by atoms with Gasteiger partial charge in [0.25, 0.3) is 5.91 Å². The molecule has 2 atom stereocenters. The Kier molecular flexibility index (Phi) is 6.64. The summed E-state index contributed by atoms with van der Waals surface area (Å²) in [5.41, 5.74) is 0.786. The van der Waals surface area contributed by atoms with Crippen LogP contribution in [0.1, 0.15) is 37.7 Å². The minimum Gasteiger partial charge on any atom is -0.490 e. The average Bonchev–Trinajstić information content (AvgIpc) is 3.64. The fourth-order valence-electron chi connectivity index (χ4n) is 4.95. The first-order chi connectivity index (χ1) is 15.6. The van der Waals surface area contributed by atoms with E-state index in [0.29, 0.717) is 25.3 Å². The van der Waals surface area contributed by atoms with Crippen LogP contribution in [0.25, 0.3) is 0 Å². The Balaban J connectivity index is 1.51. The van der Waals surface area contributed by atoms with Crippen LogP contribution >= 0.6 is 0 Å². The van der Waals surface area contributed by atoms with Crippen molar-refractivity contribution in [2.24, 2.45) is 11.8 Å². The van der Waals surface area contributed by atoms with E-state index in [4.69, 9.17) is 4.74 Å². The van der Waals surface area contributed by atoms with E-state index < -0.39 is 32.4 Å².